The van der Waals surface area contributed by atoms with Crippen molar-refractivity contribution in [3.05, 3.63) is 72.8 Å². The van der Waals surface area contributed by atoms with Gasteiger partial charge in [-0.2, -0.15) is 0 Å². The van der Waals surface area contributed by atoms with Gasteiger partial charge in [0.1, 0.15) is 17.2 Å². The van der Waals surface area contributed by atoms with Gasteiger partial charge in [-0.3, -0.25) is 0 Å². The highest BCUT2D eigenvalue weighted by Gasteiger charge is 2.27. The number of benzene rings is 3. The molecule has 3 aromatic rings. The van der Waals surface area contributed by atoms with Crippen LogP contribution in [0.2, 0.25) is 0 Å². The van der Waals surface area contributed by atoms with Crippen molar-refractivity contribution in [1.82, 2.24) is 0 Å². The van der Waals surface area contributed by atoms with Crippen LogP contribution in [0.4, 0.5) is 0 Å². The largest absolute Gasteiger partial charge is 0.694 e. The predicted molar refractivity (Wildman–Crippen MR) is 109 cm³/mol. The Morgan fingerprint density at radius 2 is 0.815 bits per heavy atom. The molecule has 3 aromatic carbocycles. The highest BCUT2D eigenvalue weighted by molar-refractivity contribution is 6.95. The molecule has 0 fully saturated rings. The summed E-state index contributed by atoms with van der Waals surface area (Å²) in [5.41, 5.74) is 8.57. The molecule has 6 heteroatoms. The van der Waals surface area contributed by atoms with Crippen molar-refractivity contribution in [2.45, 2.75) is 0 Å². The molecule has 0 saturated heterocycles. The molecule has 0 aliphatic heterocycles. The second-order valence-corrected chi connectivity index (χ2v) is 6.19. The lowest BCUT2D eigenvalue weighted by Crippen LogP contribution is -2.71. The van der Waals surface area contributed by atoms with E-state index in [1.807, 2.05) is 72.8 Å². The SMILES string of the molecule is COc1ccc(O[B-](N)(c2ccc(OC)cc2)c2ccc(OC)cc2)cc1. The van der Waals surface area contributed by atoms with E-state index in [0.717, 1.165) is 28.2 Å². The van der Waals surface area contributed by atoms with Gasteiger partial charge in [-0.25, -0.2) is 0 Å². The summed E-state index contributed by atoms with van der Waals surface area (Å²) in [5, 5.41) is 0. The molecule has 0 radical (unpaired) electrons. The zero-order valence-corrected chi connectivity index (χ0v) is 15.7. The summed E-state index contributed by atoms with van der Waals surface area (Å²) in [7, 11) is 4.89. The van der Waals surface area contributed by atoms with Gasteiger partial charge in [0.05, 0.1) is 27.1 Å². The van der Waals surface area contributed by atoms with Crippen molar-refractivity contribution in [3.63, 3.8) is 0 Å². The molecule has 0 atom stereocenters. The minimum Gasteiger partial charge on any atom is -0.694 e. The summed E-state index contributed by atoms with van der Waals surface area (Å²) in [6.45, 7) is -2.00. The fraction of sp³-hybridized carbons (Fsp3) is 0.143. The van der Waals surface area contributed by atoms with Crippen LogP contribution in [-0.2, 0) is 0 Å². The molecule has 3 rings (SSSR count). The van der Waals surface area contributed by atoms with Gasteiger partial charge >= 0.3 is 0 Å². The summed E-state index contributed by atoms with van der Waals surface area (Å²) >= 11 is 0. The minimum absolute atomic E-state index is 0.657. The van der Waals surface area contributed by atoms with Crippen LogP contribution in [0.3, 0.4) is 0 Å². The monoisotopic (exact) mass is 364 g/mol. The first kappa shape index (κ1) is 18.7. The Kier molecular flexibility index (Phi) is 5.57. The standard InChI is InChI=1S/C21H23BNO4/c1-24-18-8-4-16(5-9-18)22(23,17-6-10-19(25-2)11-7-17)27-21-14-12-20(26-3)13-15-21/h4-15H,23H2,1-3H3/q-1. The van der Waals surface area contributed by atoms with Gasteiger partial charge in [-0.15, -0.1) is 10.9 Å². The van der Waals surface area contributed by atoms with E-state index in [1.165, 1.54) is 0 Å². The van der Waals surface area contributed by atoms with Crippen molar-refractivity contribution in [3.8, 4) is 23.0 Å². The molecule has 0 aliphatic carbocycles. The first-order valence-corrected chi connectivity index (χ1v) is 8.65. The van der Waals surface area contributed by atoms with Crippen LogP contribution in [0.5, 0.6) is 23.0 Å². The first-order chi connectivity index (χ1) is 13.1. The molecular weight excluding hydrogens is 341 g/mol. The van der Waals surface area contributed by atoms with Crippen LogP contribution < -0.4 is 35.4 Å². The number of nitrogens with two attached hydrogens (primary N) is 1. The molecule has 0 aromatic heterocycles. The van der Waals surface area contributed by atoms with E-state index in [2.05, 4.69) is 0 Å². The van der Waals surface area contributed by atoms with Gasteiger partial charge in [-0.1, -0.05) is 24.3 Å². The second kappa shape index (κ2) is 8.06. The summed E-state index contributed by atoms with van der Waals surface area (Å²) < 4.78 is 22.0. The average Bonchev–Trinajstić information content (AvgIpc) is 2.74. The molecule has 5 nitrogen and oxygen atoms in total. The van der Waals surface area contributed by atoms with Crippen molar-refractivity contribution >= 4 is 17.4 Å². The van der Waals surface area contributed by atoms with Crippen molar-refractivity contribution in [1.29, 1.82) is 0 Å². The van der Waals surface area contributed by atoms with Gasteiger partial charge in [-0.05, 0) is 48.5 Å². The third-order valence-corrected chi connectivity index (χ3v) is 4.60. The summed E-state index contributed by atoms with van der Waals surface area (Å²) in [5.74, 6) is 2.93. The number of methoxy groups -OCH3 is 3. The predicted octanol–water partition coefficient (Wildman–Crippen LogP) is 2.31. The van der Waals surface area contributed by atoms with Crippen molar-refractivity contribution < 1.29 is 18.9 Å². The maximum absolute atomic E-state index is 6.85. The minimum atomic E-state index is -2.00. The fourth-order valence-electron chi connectivity index (χ4n) is 2.98. The summed E-state index contributed by atoms with van der Waals surface area (Å²) in [6, 6.07) is 22.6. The van der Waals surface area contributed by atoms with Gasteiger partial charge in [0.25, 0.3) is 6.48 Å². The van der Waals surface area contributed by atoms with Crippen molar-refractivity contribution in [2.24, 2.45) is 5.64 Å². The van der Waals surface area contributed by atoms with Gasteiger partial charge in [0, 0.05) is 0 Å². The average molecular weight is 364 g/mol. The third kappa shape index (κ3) is 4.01. The lowest BCUT2D eigenvalue weighted by atomic mass is 9.43. The molecule has 0 amide bonds. The molecule has 140 valence electrons. The van der Waals surface area contributed by atoms with E-state index >= 15 is 0 Å². The number of hydrogen-bond acceptors (Lipinski definition) is 5. The molecule has 0 spiro atoms. The second-order valence-electron chi connectivity index (χ2n) is 6.19. The van der Waals surface area contributed by atoms with Gasteiger partial charge < -0.3 is 24.5 Å². The van der Waals surface area contributed by atoms with Crippen LogP contribution in [0, 0.1) is 0 Å². The molecule has 0 unspecified atom stereocenters. The first-order valence-electron chi connectivity index (χ1n) is 8.65. The zero-order valence-electron chi connectivity index (χ0n) is 15.7. The molecule has 27 heavy (non-hydrogen) atoms. The van der Waals surface area contributed by atoms with E-state index in [-0.39, 0.29) is 0 Å². The summed E-state index contributed by atoms with van der Waals surface area (Å²) in [4.78, 5) is 0. The Morgan fingerprint density at radius 1 is 0.519 bits per heavy atom. The molecule has 0 heterocycles. The van der Waals surface area contributed by atoms with Crippen LogP contribution in [0.25, 0.3) is 0 Å². The fourth-order valence-corrected chi connectivity index (χ4v) is 2.98. The Hall–Kier alpha value is -3.12. The van der Waals surface area contributed by atoms with Crippen molar-refractivity contribution in [2.75, 3.05) is 21.3 Å². The third-order valence-electron chi connectivity index (χ3n) is 4.60. The Balaban J connectivity index is 2.02. The lowest BCUT2D eigenvalue weighted by molar-refractivity contribution is 0.413. The molecular formula is C21H23BNO4-. The van der Waals surface area contributed by atoms with E-state index in [4.69, 9.17) is 24.5 Å². The van der Waals surface area contributed by atoms with Gasteiger partial charge in [0.2, 0.25) is 0 Å². The van der Waals surface area contributed by atoms with E-state index in [0.29, 0.717) is 5.75 Å². The Morgan fingerprint density at radius 3 is 1.15 bits per heavy atom. The maximum atomic E-state index is 6.85. The highest BCUT2D eigenvalue weighted by atomic mass is 16.5. The maximum Gasteiger partial charge on any atom is 0.288 e. The molecule has 0 aliphatic rings. The summed E-state index contributed by atoms with van der Waals surface area (Å²) in [6.07, 6.45) is 0. The lowest BCUT2D eigenvalue weighted by Gasteiger charge is -2.39. The Labute approximate surface area is 159 Å². The van der Waals surface area contributed by atoms with Gasteiger partial charge in [0.15, 0.2) is 0 Å². The zero-order chi connectivity index (χ0) is 19.3. The number of ether oxygens (including phenoxy) is 3. The topological polar surface area (TPSA) is 62.9 Å². The molecule has 0 bridgehead atoms. The highest BCUT2D eigenvalue weighted by Crippen LogP contribution is 2.20. The van der Waals surface area contributed by atoms with Crippen LogP contribution in [0.15, 0.2) is 72.8 Å². The van der Waals surface area contributed by atoms with Crippen LogP contribution >= 0.6 is 0 Å². The molecule has 2 N–H and O–H groups in total. The number of hydrogen-bond donors (Lipinski definition) is 1. The molecule has 0 saturated carbocycles. The van der Waals surface area contributed by atoms with Crippen LogP contribution in [0.1, 0.15) is 0 Å². The smallest absolute Gasteiger partial charge is 0.288 e. The normalized spacial score (nSPS) is 11.0. The van der Waals surface area contributed by atoms with E-state index in [1.54, 1.807) is 21.3 Å². The van der Waals surface area contributed by atoms with E-state index in [9.17, 15) is 0 Å². The quantitative estimate of drug-likeness (QED) is 0.652. The Bertz CT molecular complexity index is 817. The van der Waals surface area contributed by atoms with Crippen LogP contribution in [-0.4, -0.2) is 27.8 Å². The van der Waals surface area contributed by atoms with E-state index < -0.39 is 6.48 Å². The number of rotatable bonds is 7.